The van der Waals surface area contributed by atoms with Crippen molar-refractivity contribution >= 4 is 5.91 Å². The molecule has 1 fully saturated rings. The van der Waals surface area contributed by atoms with Crippen LogP contribution in [0.3, 0.4) is 0 Å². The first kappa shape index (κ1) is 20.6. The normalized spacial score (nSPS) is 16.2. The van der Waals surface area contributed by atoms with Gasteiger partial charge in [0.15, 0.2) is 0 Å². The van der Waals surface area contributed by atoms with Crippen molar-refractivity contribution < 1.29 is 9.53 Å². The lowest BCUT2D eigenvalue weighted by atomic mass is 10.0. The molecule has 28 heavy (non-hydrogen) atoms. The van der Waals surface area contributed by atoms with Crippen LogP contribution in [-0.4, -0.2) is 59.5 Å². The van der Waals surface area contributed by atoms with Crippen LogP contribution >= 0.6 is 0 Å². The topological polar surface area (TPSA) is 59.4 Å². The van der Waals surface area contributed by atoms with Crippen molar-refractivity contribution in [1.82, 2.24) is 20.0 Å². The van der Waals surface area contributed by atoms with E-state index in [0.717, 1.165) is 44.0 Å². The molecule has 6 nitrogen and oxygen atoms in total. The molecule has 1 saturated heterocycles. The molecule has 2 aromatic rings. The molecule has 1 atom stereocenters. The highest BCUT2D eigenvalue weighted by Crippen LogP contribution is 2.13. The zero-order chi connectivity index (χ0) is 19.8. The molecule has 0 radical (unpaired) electrons. The van der Waals surface area contributed by atoms with Crippen molar-refractivity contribution in [3.05, 3.63) is 48.3 Å². The second-order valence-corrected chi connectivity index (χ2v) is 7.86. The van der Waals surface area contributed by atoms with Crippen LogP contribution in [0.25, 0.3) is 5.69 Å². The highest BCUT2D eigenvalue weighted by Gasteiger charge is 2.22. The van der Waals surface area contributed by atoms with E-state index in [1.807, 2.05) is 47.4 Å². The van der Waals surface area contributed by atoms with Crippen LogP contribution < -0.4 is 5.32 Å². The Labute approximate surface area is 167 Å². The maximum Gasteiger partial charge on any atom is 0.220 e. The summed E-state index contributed by atoms with van der Waals surface area (Å²) in [5.41, 5.74) is 2.10. The number of nitrogens with zero attached hydrogens (tertiary/aromatic N) is 3. The average Bonchev–Trinajstić information content (AvgIpc) is 3.20. The van der Waals surface area contributed by atoms with Crippen molar-refractivity contribution in [2.75, 3.05) is 32.8 Å². The monoisotopic (exact) mass is 384 g/mol. The molecule has 0 aliphatic carbocycles. The highest BCUT2D eigenvalue weighted by molar-refractivity contribution is 5.76. The van der Waals surface area contributed by atoms with Gasteiger partial charge in [-0.2, -0.15) is 5.10 Å². The third kappa shape index (κ3) is 6.17. The van der Waals surface area contributed by atoms with Crippen LogP contribution in [0, 0.1) is 5.92 Å². The number of nitrogens with one attached hydrogen (secondary N) is 1. The van der Waals surface area contributed by atoms with Crippen molar-refractivity contribution in [3.8, 4) is 5.69 Å². The van der Waals surface area contributed by atoms with Gasteiger partial charge in [-0.3, -0.25) is 9.69 Å². The smallest absolute Gasteiger partial charge is 0.220 e. The number of benzene rings is 1. The summed E-state index contributed by atoms with van der Waals surface area (Å²) in [6.45, 7) is 8.65. The molecule has 1 N–H and O–H groups in total. The van der Waals surface area contributed by atoms with E-state index in [9.17, 15) is 4.79 Å². The zero-order valence-corrected chi connectivity index (χ0v) is 17.0. The fourth-order valence-corrected chi connectivity index (χ4v) is 3.64. The molecule has 6 heteroatoms. The Kier molecular flexibility index (Phi) is 7.62. The van der Waals surface area contributed by atoms with Gasteiger partial charge in [0.2, 0.25) is 5.91 Å². The number of hydrogen-bond donors (Lipinski definition) is 1. The van der Waals surface area contributed by atoms with E-state index in [0.29, 0.717) is 31.3 Å². The lowest BCUT2D eigenvalue weighted by molar-refractivity contribution is -0.121. The van der Waals surface area contributed by atoms with Crippen LogP contribution in [0.15, 0.2) is 42.7 Å². The van der Waals surface area contributed by atoms with Crippen LogP contribution in [0.2, 0.25) is 0 Å². The molecule has 0 bridgehead atoms. The Morgan fingerprint density at radius 2 is 1.96 bits per heavy atom. The molecule has 1 aliphatic heterocycles. The second-order valence-electron chi connectivity index (χ2n) is 7.86. The first-order chi connectivity index (χ1) is 13.6. The lowest BCUT2D eigenvalue weighted by Gasteiger charge is -2.35. The molecule has 2 heterocycles. The van der Waals surface area contributed by atoms with E-state index in [1.165, 1.54) is 0 Å². The van der Waals surface area contributed by atoms with Gasteiger partial charge < -0.3 is 10.1 Å². The number of hydrogen-bond acceptors (Lipinski definition) is 4. The summed E-state index contributed by atoms with van der Waals surface area (Å²) < 4.78 is 7.32. The maximum absolute atomic E-state index is 12.4. The quantitative estimate of drug-likeness (QED) is 0.722. The van der Waals surface area contributed by atoms with Gasteiger partial charge in [0.05, 0.1) is 25.1 Å². The molecule has 3 rings (SSSR count). The average molecular weight is 385 g/mol. The lowest BCUT2D eigenvalue weighted by Crippen LogP contribution is -2.49. The van der Waals surface area contributed by atoms with Crippen LogP contribution in [0.4, 0.5) is 0 Å². The molecule has 0 spiro atoms. The van der Waals surface area contributed by atoms with Crippen LogP contribution in [0.5, 0.6) is 0 Å². The number of aryl methyl sites for hydroxylation is 1. The van der Waals surface area contributed by atoms with Crippen molar-refractivity contribution in [2.45, 2.75) is 39.2 Å². The van der Waals surface area contributed by atoms with Crippen LogP contribution in [-0.2, 0) is 16.0 Å². The minimum atomic E-state index is 0.106. The second kappa shape index (κ2) is 10.4. The molecular formula is C22H32N4O2. The summed E-state index contributed by atoms with van der Waals surface area (Å²) in [4.78, 5) is 14.8. The van der Waals surface area contributed by atoms with E-state index in [2.05, 4.69) is 29.2 Å². The molecule has 1 aliphatic rings. The Balaban J connectivity index is 1.46. The third-order valence-electron chi connectivity index (χ3n) is 5.14. The van der Waals surface area contributed by atoms with E-state index >= 15 is 0 Å². The number of para-hydroxylation sites is 1. The first-order valence-corrected chi connectivity index (χ1v) is 10.3. The van der Waals surface area contributed by atoms with Gasteiger partial charge in [-0.25, -0.2) is 4.68 Å². The molecular weight excluding hydrogens is 352 g/mol. The number of amides is 1. The van der Waals surface area contributed by atoms with Gasteiger partial charge in [-0.05, 0) is 36.5 Å². The summed E-state index contributed by atoms with van der Waals surface area (Å²) in [5.74, 6) is 0.711. The Morgan fingerprint density at radius 1 is 1.21 bits per heavy atom. The Bertz CT molecular complexity index is 723. The highest BCUT2D eigenvalue weighted by atomic mass is 16.5. The van der Waals surface area contributed by atoms with Crippen molar-refractivity contribution in [2.24, 2.45) is 5.92 Å². The summed E-state index contributed by atoms with van der Waals surface area (Å²) >= 11 is 0. The standard InChI is InChI=1S/C22H32N4O2/c1-18(2)14-21(25-10-12-28-13-11-25)16-23-22(27)9-8-19-15-24-26(17-19)20-6-4-3-5-7-20/h3-7,15,17-18,21H,8-14,16H2,1-2H3,(H,23,27). The Hall–Kier alpha value is -2.18. The minimum absolute atomic E-state index is 0.106. The van der Waals surface area contributed by atoms with E-state index < -0.39 is 0 Å². The first-order valence-electron chi connectivity index (χ1n) is 10.3. The van der Waals surface area contributed by atoms with Gasteiger partial charge in [-0.15, -0.1) is 0 Å². The molecule has 1 aromatic heterocycles. The Morgan fingerprint density at radius 3 is 2.68 bits per heavy atom. The number of carbonyl (C=O) groups is 1. The van der Waals surface area contributed by atoms with E-state index in [-0.39, 0.29) is 5.91 Å². The fourth-order valence-electron chi connectivity index (χ4n) is 3.64. The summed E-state index contributed by atoms with van der Waals surface area (Å²) in [6.07, 6.45) is 6.11. The van der Waals surface area contributed by atoms with Crippen molar-refractivity contribution in [1.29, 1.82) is 0 Å². The number of rotatable bonds is 9. The molecule has 0 saturated carbocycles. The number of morpholine rings is 1. The van der Waals surface area contributed by atoms with Gasteiger partial charge >= 0.3 is 0 Å². The molecule has 152 valence electrons. The zero-order valence-electron chi connectivity index (χ0n) is 17.0. The summed E-state index contributed by atoms with van der Waals surface area (Å²) in [5, 5.41) is 7.54. The van der Waals surface area contributed by atoms with E-state index in [1.54, 1.807) is 0 Å². The number of carbonyl (C=O) groups excluding carboxylic acids is 1. The van der Waals surface area contributed by atoms with Gasteiger partial charge in [0, 0.05) is 38.3 Å². The molecule has 1 unspecified atom stereocenters. The maximum atomic E-state index is 12.4. The summed E-state index contributed by atoms with van der Waals surface area (Å²) in [6, 6.07) is 10.4. The predicted octanol–water partition coefficient (Wildman–Crippen LogP) is 2.67. The van der Waals surface area contributed by atoms with Crippen molar-refractivity contribution in [3.63, 3.8) is 0 Å². The SMILES string of the molecule is CC(C)CC(CNC(=O)CCc1cnn(-c2ccccc2)c1)N1CCOCC1. The third-order valence-corrected chi connectivity index (χ3v) is 5.14. The van der Waals surface area contributed by atoms with Gasteiger partial charge in [0.25, 0.3) is 0 Å². The predicted molar refractivity (Wildman–Crippen MR) is 111 cm³/mol. The number of aromatic nitrogens is 2. The molecule has 1 amide bonds. The van der Waals surface area contributed by atoms with Crippen LogP contribution in [0.1, 0.15) is 32.3 Å². The minimum Gasteiger partial charge on any atom is -0.379 e. The molecule has 1 aromatic carbocycles. The van der Waals surface area contributed by atoms with E-state index in [4.69, 9.17) is 4.74 Å². The number of ether oxygens (including phenoxy) is 1. The fraction of sp³-hybridized carbons (Fsp3) is 0.545. The van der Waals surface area contributed by atoms with Gasteiger partial charge in [0.1, 0.15) is 0 Å². The largest absolute Gasteiger partial charge is 0.379 e. The summed E-state index contributed by atoms with van der Waals surface area (Å²) in [7, 11) is 0. The van der Waals surface area contributed by atoms with Gasteiger partial charge in [-0.1, -0.05) is 32.0 Å².